The SMILES string of the molecule is O=C1OC(C(O)CCc2ccccc2)C(=O)C1C(c1ccccc1)C1CC1. The van der Waals surface area contributed by atoms with Crippen LogP contribution < -0.4 is 0 Å². The molecule has 140 valence electrons. The van der Waals surface area contributed by atoms with Crippen molar-refractivity contribution in [3.8, 4) is 0 Å². The summed E-state index contributed by atoms with van der Waals surface area (Å²) in [5, 5.41) is 10.5. The molecule has 4 atom stereocenters. The van der Waals surface area contributed by atoms with E-state index in [1.165, 1.54) is 0 Å². The summed E-state index contributed by atoms with van der Waals surface area (Å²) in [5.41, 5.74) is 2.10. The van der Waals surface area contributed by atoms with Crippen LogP contribution in [0.4, 0.5) is 0 Å². The van der Waals surface area contributed by atoms with E-state index in [0.717, 1.165) is 24.0 Å². The first-order chi connectivity index (χ1) is 13.1. The number of ketones is 1. The fraction of sp³-hybridized carbons (Fsp3) is 0.391. The van der Waals surface area contributed by atoms with E-state index in [0.29, 0.717) is 18.8 Å². The fourth-order valence-corrected chi connectivity index (χ4v) is 4.12. The first kappa shape index (κ1) is 17.9. The zero-order chi connectivity index (χ0) is 18.8. The summed E-state index contributed by atoms with van der Waals surface area (Å²) in [4.78, 5) is 25.6. The second-order valence-electron chi connectivity index (χ2n) is 7.60. The van der Waals surface area contributed by atoms with E-state index in [4.69, 9.17) is 4.74 Å². The van der Waals surface area contributed by atoms with Gasteiger partial charge in [-0.15, -0.1) is 0 Å². The number of carbonyl (C=O) groups excluding carboxylic acids is 2. The number of carbonyl (C=O) groups is 2. The zero-order valence-electron chi connectivity index (χ0n) is 15.2. The molecule has 4 unspecified atom stereocenters. The standard InChI is InChI=1S/C23H24O4/c24-18(14-11-15-7-3-1-4-8-15)22-21(25)20(23(26)27-22)19(17-12-13-17)16-9-5-2-6-10-16/h1-10,17-20,22,24H,11-14H2. The Bertz CT molecular complexity index is 798. The third kappa shape index (κ3) is 3.81. The number of esters is 1. The van der Waals surface area contributed by atoms with Crippen LogP contribution >= 0.6 is 0 Å². The van der Waals surface area contributed by atoms with E-state index in [2.05, 4.69) is 0 Å². The lowest BCUT2D eigenvalue weighted by molar-refractivity contribution is -0.149. The molecule has 0 bridgehead atoms. The largest absolute Gasteiger partial charge is 0.451 e. The molecule has 1 N–H and O–H groups in total. The van der Waals surface area contributed by atoms with Crippen molar-refractivity contribution in [1.29, 1.82) is 0 Å². The first-order valence-corrected chi connectivity index (χ1v) is 9.66. The molecule has 0 spiro atoms. The fourth-order valence-electron chi connectivity index (χ4n) is 4.12. The van der Waals surface area contributed by atoms with Crippen molar-refractivity contribution in [2.75, 3.05) is 0 Å². The van der Waals surface area contributed by atoms with Gasteiger partial charge in [0.25, 0.3) is 0 Å². The summed E-state index contributed by atoms with van der Waals surface area (Å²) < 4.78 is 5.38. The number of Topliss-reactive ketones (excluding diaryl/α,β-unsaturated/α-hetero) is 1. The molecule has 2 aliphatic rings. The maximum absolute atomic E-state index is 13.0. The number of rotatable bonds is 7. The summed E-state index contributed by atoms with van der Waals surface area (Å²) in [7, 11) is 0. The highest BCUT2D eigenvalue weighted by molar-refractivity contribution is 6.07. The van der Waals surface area contributed by atoms with E-state index in [1.807, 2.05) is 60.7 Å². The second kappa shape index (κ2) is 7.65. The molecule has 4 heteroatoms. The van der Waals surface area contributed by atoms with Gasteiger partial charge in [0.05, 0.1) is 6.10 Å². The third-order valence-corrected chi connectivity index (χ3v) is 5.68. The van der Waals surface area contributed by atoms with E-state index in [9.17, 15) is 14.7 Å². The average Bonchev–Trinajstić information content (AvgIpc) is 3.49. The Kier molecular flexibility index (Phi) is 5.08. The van der Waals surface area contributed by atoms with E-state index in [1.54, 1.807) is 0 Å². The maximum atomic E-state index is 13.0. The van der Waals surface area contributed by atoms with Gasteiger partial charge in [-0.25, -0.2) is 0 Å². The van der Waals surface area contributed by atoms with Crippen molar-refractivity contribution < 1.29 is 19.4 Å². The molecule has 4 nitrogen and oxygen atoms in total. The molecular weight excluding hydrogens is 340 g/mol. The van der Waals surface area contributed by atoms with Crippen molar-refractivity contribution in [3.63, 3.8) is 0 Å². The lowest BCUT2D eigenvalue weighted by Crippen LogP contribution is -2.35. The molecule has 27 heavy (non-hydrogen) atoms. The molecule has 2 fully saturated rings. The molecule has 1 saturated carbocycles. The molecule has 1 aliphatic carbocycles. The normalized spacial score (nSPS) is 24.5. The number of aryl methyl sites for hydroxylation is 1. The minimum atomic E-state index is -1.05. The van der Waals surface area contributed by atoms with Crippen LogP contribution in [0.3, 0.4) is 0 Å². The topological polar surface area (TPSA) is 63.6 Å². The van der Waals surface area contributed by atoms with Crippen LogP contribution in [0, 0.1) is 11.8 Å². The summed E-state index contributed by atoms with van der Waals surface area (Å²) in [6.45, 7) is 0. The molecule has 0 aromatic heterocycles. The van der Waals surface area contributed by atoms with Gasteiger partial charge in [0, 0.05) is 5.92 Å². The number of aliphatic hydroxyl groups is 1. The van der Waals surface area contributed by atoms with Crippen LogP contribution in [0.25, 0.3) is 0 Å². The highest BCUT2D eigenvalue weighted by Crippen LogP contribution is 2.49. The van der Waals surface area contributed by atoms with Crippen molar-refractivity contribution >= 4 is 11.8 Å². The third-order valence-electron chi connectivity index (χ3n) is 5.68. The Balaban J connectivity index is 1.48. The first-order valence-electron chi connectivity index (χ1n) is 9.66. The quantitative estimate of drug-likeness (QED) is 0.605. The van der Waals surface area contributed by atoms with Crippen LogP contribution in [0.2, 0.25) is 0 Å². The number of aliphatic hydroxyl groups excluding tert-OH is 1. The molecule has 4 rings (SSSR count). The van der Waals surface area contributed by atoms with Crippen molar-refractivity contribution in [2.45, 2.75) is 43.8 Å². The van der Waals surface area contributed by atoms with Crippen molar-refractivity contribution in [3.05, 3.63) is 71.8 Å². The number of hydrogen-bond acceptors (Lipinski definition) is 4. The summed E-state index contributed by atoms with van der Waals surface area (Å²) in [5.74, 6) is -1.34. The van der Waals surface area contributed by atoms with Gasteiger partial charge in [0.2, 0.25) is 0 Å². The molecule has 2 aromatic rings. The smallest absolute Gasteiger partial charge is 0.318 e. The predicted octanol–water partition coefficient (Wildman–Crippen LogP) is 3.28. The molecule has 1 aliphatic heterocycles. The minimum Gasteiger partial charge on any atom is -0.451 e. The van der Waals surface area contributed by atoms with Gasteiger partial charge < -0.3 is 9.84 Å². The molecule has 1 saturated heterocycles. The molecule has 2 aromatic carbocycles. The molecule has 0 radical (unpaired) electrons. The highest BCUT2D eigenvalue weighted by atomic mass is 16.6. The van der Waals surface area contributed by atoms with Crippen LogP contribution in [0.5, 0.6) is 0 Å². The van der Waals surface area contributed by atoms with Crippen LogP contribution in [0.1, 0.15) is 36.3 Å². The van der Waals surface area contributed by atoms with Crippen LogP contribution in [0.15, 0.2) is 60.7 Å². The maximum Gasteiger partial charge on any atom is 0.318 e. The van der Waals surface area contributed by atoms with Gasteiger partial charge >= 0.3 is 5.97 Å². The molecule has 1 heterocycles. The monoisotopic (exact) mass is 364 g/mol. The Morgan fingerprint density at radius 2 is 1.59 bits per heavy atom. The Labute approximate surface area is 159 Å². The van der Waals surface area contributed by atoms with Gasteiger partial charge in [-0.2, -0.15) is 0 Å². The number of benzene rings is 2. The zero-order valence-corrected chi connectivity index (χ0v) is 15.2. The number of cyclic esters (lactones) is 1. The number of hydrogen-bond donors (Lipinski definition) is 1. The Morgan fingerprint density at radius 1 is 0.963 bits per heavy atom. The number of ether oxygens (including phenoxy) is 1. The van der Waals surface area contributed by atoms with Crippen LogP contribution in [-0.4, -0.2) is 29.1 Å². The van der Waals surface area contributed by atoms with Crippen molar-refractivity contribution in [1.82, 2.24) is 0 Å². The summed E-state index contributed by atoms with van der Waals surface area (Å²) in [6, 6.07) is 19.5. The lowest BCUT2D eigenvalue weighted by atomic mass is 9.79. The van der Waals surface area contributed by atoms with Gasteiger partial charge in [-0.1, -0.05) is 60.7 Å². The molecular formula is C23H24O4. The average molecular weight is 364 g/mol. The van der Waals surface area contributed by atoms with Crippen molar-refractivity contribution in [2.24, 2.45) is 11.8 Å². The van der Waals surface area contributed by atoms with Gasteiger partial charge in [0.1, 0.15) is 5.92 Å². The minimum absolute atomic E-state index is 0.141. The predicted molar refractivity (Wildman–Crippen MR) is 101 cm³/mol. The van der Waals surface area contributed by atoms with Gasteiger partial charge in [-0.05, 0) is 42.7 Å². The van der Waals surface area contributed by atoms with Gasteiger partial charge in [-0.3, -0.25) is 9.59 Å². The van der Waals surface area contributed by atoms with E-state index >= 15 is 0 Å². The summed E-state index contributed by atoms with van der Waals surface area (Å²) >= 11 is 0. The van der Waals surface area contributed by atoms with E-state index in [-0.39, 0.29) is 11.7 Å². The van der Waals surface area contributed by atoms with E-state index < -0.39 is 24.1 Å². The highest BCUT2D eigenvalue weighted by Gasteiger charge is 2.53. The Morgan fingerprint density at radius 3 is 2.22 bits per heavy atom. The second-order valence-corrected chi connectivity index (χ2v) is 7.60. The molecule has 0 amide bonds. The lowest BCUT2D eigenvalue weighted by Gasteiger charge is -2.20. The summed E-state index contributed by atoms with van der Waals surface area (Å²) in [6.07, 6.45) is 1.06. The van der Waals surface area contributed by atoms with Gasteiger partial charge in [0.15, 0.2) is 11.9 Å². The Hall–Kier alpha value is -2.46. The van der Waals surface area contributed by atoms with Crippen LogP contribution in [-0.2, 0) is 20.7 Å².